The molecule has 0 aliphatic carbocycles. The number of rotatable bonds is 6. The van der Waals surface area contributed by atoms with E-state index in [0.717, 1.165) is 6.61 Å². The van der Waals surface area contributed by atoms with Crippen molar-refractivity contribution in [1.82, 2.24) is 9.97 Å². The van der Waals surface area contributed by atoms with Crippen LogP contribution >= 0.6 is 0 Å². The van der Waals surface area contributed by atoms with Gasteiger partial charge in [-0.1, -0.05) is 13.8 Å². The molecule has 5 heteroatoms. The van der Waals surface area contributed by atoms with E-state index in [9.17, 15) is 0 Å². The summed E-state index contributed by atoms with van der Waals surface area (Å²) in [6.07, 6.45) is 3.15. The van der Waals surface area contributed by atoms with Gasteiger partial charge in [0.2, 0.25) is 0 Å². The molecule has 0 bridgehead atoms. The number of nitrogens with zero attached hydrogens (tertiary/aromatic N) is 2. The molecule has 1 aromatic rings. The van der Waals surface area contributed by atoms with Gasteiger partial charge in [-0.25, -0.2) is 4.98 Å². The van der Waals surface area contributed by atoms with Gasteiger partial charge < -0.3 is 15.8 Å². The van der Waals surface area contributed by atoms with Crippen molar-refractivity contribution in [3.05, 3.63) is 12.4 Å². The fourth-order valence-corrected chi connectivity index (χ4v) is 1.04. The second kappa shape index (κ2) is 6.19. The summed E-state index contributed by atoms with van der Waals surface area (Å²) in [5.74, 6) is 1.67. The summed E-state index contributed by atoms with van der Waals surface area (Å²) in [5.41, 5.74) is 5.48. The molecule has 0 fully saturated rings. The topological polar surface area (TPSA) is 73.1 Å². The first-order valence-corrected chi connectivity index (χ1v) is 5.07. The van der Waals surface area contributed by atoms with Crippen LogP contribution < -0.4 is 11.1 Å². The van der Waals surface area contributed by atoms with Gasteiger partial charge >= 0.3 is 0 Å². The SMILES string of the molecule is CC(C)COCCNc1cncc(N)n1. The van der Waals surface area contributed by atoms with Crippen LogP contribution in [0.25, 0.3) is 0 Å². The van der Waals surface area contributed by atoms with E-state index in [0.29, 0.717) is 30.7 Å². The fraction of sp³-hybridized carbons (Fsp3) is 0.600. The smallest absolute Gasteiger partial charge is 0.147 e. The van der Waals surface area contributed by atoms with Gasteiger partial charge in [0, 0.05) is 13.2 Å². The Balaban J connectivity index is 2.15. The van der Waals surface area contributed by atoms with E-state index in [1.807, 2.05) is 0 Å². The van der Waals surface area contributed by atoms with E-state index in [4.69, 9.17) is 10.5 Å². The van der Waals surface area contributed by atoms with Crippen LogP contribution in [-0.4, -0.2) is 29.7 Å². The van der Waals surface area contributed by atoms with Crippen molar-refractivity contribution >= 4 is 11.6 Å². The van der Waals surface area contributed by atoms with Gasteiger partial charge in [-0.05, 0) is 5.92 Å². The lowest BCUT2D eigenvalue weighted by molar-refractivity contribution is 0.118. The Labute approximate surface area is 90.1 Å². The zero-order valence-electron chi connectivity index (χ0n) is 9.23. The maximum Gasteiger partial charge on any atom is 0.147 e. The fourth-order valence-electron chi connectivity index (χ4n) is 1.04. The Kier molecular flexibility index (Phi) is 4.83. The first kappa shape index (κ1) is 11.7. The molecule has 0 spiro atoms. The molecule has 0 aromatic carbocycles. The molecule has 5 nitrogen and oxygen atoms in total. The van der Waals surface area contributed by atoms with Crippen molar-refractivity contribution in [2.24, 2.45) is 5.92 Å². The van der Waals surface area contributed by atoms with Gasteiger partial charge in [0.15, 0.2) is 0 Å². The molecule has 0 saturated heterocycles. The van der Waals surface area contributed by atoms with Gasteiger partial charge in [-0.15, -0.1) is 0 Å². The third-order valence-corrected chi connectivity index (χ3v) is 1.66. The molecular weight excluding hydrogens is 192 g/mol. The number of anilines is 2. The predicted octanol–water partition coefficient (Wildman–Crippen LogP) is 1.14. The van der Waals surface area contributed by atoms with E-state index in [1.54, 1.807) is 6.20 Å². The lowest BCUT2D eigenvalue weighted by atomic mass is 10.2. The average Bonchev–Trinajstić information content (AvgIpc) is 2.17. The van der Waals surface area contributed by atoms with Crippen LogP contribution in [0.3, 0.4) is 0 Å². The van der Waals surface area contributed by atoms with E-state index < -0.39 is 0 Å². The minimum atomic E-state index is 0.420. The second-order valence-corrected chi connectivity index (χ2v) is 3.72. The summed E-state index contributed by atoms with van der Waals surface area (Å²) in [5, 5.41) is 3.08. The molecule has 1 heterocycles. The highest BCUT2D eigenvalue weighted by molar-refractivity contribution is 5.38. The van der Waals surface area contributed by atoms with Crippen molar-refractivity contribution in [1.29, 1.82) is 0 Å². The molecule has 0 atom stereocenters. The summed E-state index contributed by atoms with van der Waals surface area (Å²) in [4.78, 5) is 7.98. The van der Waals surface area contributed by atoms with Crippen molar-refractivity contribution in [2.45, 2.75) is 13.8 Å². The molecule has 0 radical (unpaired) electrons. The van der Waals surface area contributed by atoms with Crippen molar-refractivity contribution in [3.8, 4) is 0 Å². The van der Waals surface area contributed by atoms with Crippen molar-refractivity contribution in [2.75, 3.05) is 30.8 Å². The molecule has 1 aromatic heterocycles. The lowest BCUT2D eigenvalue weighted by Crippen LogP contribution is -2.13. The van der Waals surface area contributed by atoms with E-state index in [2.05, 4.69) is 29.1 Å². The van der Waals surface area contributed by atoms with Crippen molar-refractivity contribution in [3.63, 3.8) is 0 Å². The third-order valence-electron chi connectivity index (χ3n) is 1.66. The highest BCUT2D eigenvalue weighted by Crippen LogP contribution is 2.01. The van der Waals surface area contributed by atoms with E-state index >= 15 is 0 Å². The van der Waals surface area contributed by atoms with Crippen LogP contribution in [0.2, 0.25) is 0 Å². The number of nitrogen functional groups attached to an aromatic ring is 1. The summed E-state index contributed by atoms with van der Waals surface area (Å²) >= 11 is 0. The first-order valence-electron chi connectivity index (χ1n) is 5.07. The Morgan fingerprint density at radius 3 is 2.93 bits per heavy atom. The molecule has 1 rings (SSSR count). The van der Waals surface area contributed by atoms with Crippen LogP contribution in [0.15, 0.2) is 12.4 Å². The summed E-state index contributed by atoms with van der Waals surface area (Å²) in [6.45, 7) is 6.40. The maximum absolute atomic E-state index is 5.48. The Morgan fingerprint density at radius 1 is 1.47 bits per heavy atom. The molecule has 3 N–H and O–H groups in total. The van der Waals surface area contributed by atoms with Crippen LogP contribution in [0.4, 0.5) is 11.6 Å². The second-order valence-electron chi connectivity index (χ2n) is 3.72. The standard InChI is InChI=1S/C10H18N4O/c1-8(2)7-15-4-3-13-10-6-12-5-9(11)14-10/h5-6,8H,3-4,7H2,1-2H3,(H3,11,13,14). The highest BCUT2D eigenvalue weighted by atomic mass is 16.5. The minimum Gasteiger partial charge on any atom is -0.382 e. The Hall–Kier alpha value is -1.36. The summed E-state index contributed by atoms with van der Waals surface area (Å²) < 4.78 is 5.41. The molecule has 0 aliphatic heterocycles. The molecule has 84 valence electrons. The Bertz CT molecular complexity index is 291. The molecule has 0 saturated carbocycles. The van der Waals surface area contributed by atoms with Crippen LogP contribution in [0.1, 0.15) is 13.8 Å². The normalized spacial score (nSPS) is 10.6. The van der Waals surface area contributed by atoms with E-state index in [1.165, 1.54) is 6.20 Å². The molecule has 15 heavy (non-hydrogen) atoms. The van der Waals surface area contributed by atoms with Crippen LogP contribution in [0, 0.1) is 5.92 Å². The zero-order valence-corrected chi connectivity index (χ0v) is 9.23. The maximum atomic E-state index is 5.48. The van der Waals surface area contributed by atoms with Gasteiger partial charge in [-0.2, -0.15) is 0 Å². The summed E-state index contributed by atoms with van der Waals surface area (Å²) in [7, 11) is 0. The number of nitrogens with one attached hydrogen (secondary N) is 1. The number of nitrogens with two attached hydrogens (primary N) is 1. The number of aromatic nitrogens is 2. The van der Waals surface area contributed by atoms with Gasteiger partial charge in [-0.3, -0.25) is 4.98 Å². The summed E-state index contributed by atoms with van der Waals surface area (Å²) in [6, 6.07) is 0. The number of hydrogen-bond acceptors (Lipinski definition) is 5. The average molecular weight is 210 g/mol. The molecule has 0 aliphatic rings. The number of hydrogen-bond donors (Lipinski definition) is 2. The van der Waals surface area contributed by atoms with Crippen LogP contribution in [-0.2, 0) is 4.74 Å². The zero-order chi connectivity index (χ0) is 11.1. The van der Waals surface area contributed by atoms with Crippen molar-refractivity contribution < 1.29 is 4.74 Å². The first-order chi connectivity index (χ1) is 7.18. The minimum absolute atomic E-state index is 0.420. The third kappa shape index (κ3) is 5.17. The van der Waals surface area contributed by atoms with Crippen LogP contribution in [0.5, 0.6) is 0 Å². The predicted molar refractivity (Wildman–Crippen MR) is 60.6 cm³/mol. The van der Waals surface area contributed by atoms with Gasteiger partial charge in [0.25, 0.3) is 0 Å². The lowest BCUT2D eigenvalue weighted by Gasteiger charge is -2.08. The Morgan fingerprint density at radius 2 is 2.27 bits per heavy atom. The quantitative estimate of drug-likeness (QED) is 0.689. The molecule has 0 unspecified atom stereocenters. The highest BCUT2D eigenvalue weighted by Gasteiger charge is 1.96. The van der Waals surface area contributed by atoms with E-state index in [-0.39, 0.29) is 0 Å². The monoisotopic (exact) mass is 210 g/mol. The molecule has 0 amide bonds. The molecular formula is C10H18N4O. The number of ether oxygens (including phenoxy) is 1. The van der Waals surface area contributed by atoms with Gasteiger partial charge in [0.1, 0.15) is 11.6 Å². The largest absolute Gasteiger partial charge is 0.382 e. The van der Waals surface area contributed by atoms with Gasteiger partial charge in [0.05, 0.1) is 19.0 Å².